The number of piperidine rings is 1. The third-order valence-electron chi connectivity index (χ3n) is 5.16. The molecule has 8 nitrogen and oxygen atoms in total. The molecule has 3 rings (SSSR count). The van der Waals surface area contributed by atoms with Gasteiger partial charge in [-0.1, -0.05) is 13.0 Å². The van der Waals surface area contributed by atoms with Crippen molar-refractivity contribution in [1.29, 1.82) is 0 Å². The fraction of sp³-hybridized carbons (Fsp3) is 0.579. The summed E-state index contributed by atoms with van der Waals surface area (Å²) in [6, 6.07) is 4.93. The van der Waals surface area contributed by atoms with Gasteiger partial charge in [0.1, 0.15) is 0 Å². The number of hydrogen-bond acceptors (Lipinski definition) is 5. The van der Waals surface area contributed by atoms with E-state index in [-0.39, 0.29) is 22.8 Å². The molecule has 0 unspecified atom stereocenters. The van der Waals surface area contributed by atoms with E-state index >= 15 is 0 Å². The maximum atomic E-state index is 13.2. The lowest BCUT2D eigenvalue weighted by atomic mass is 9.96. The fourth-order valence-electron chi connectivity index (χ4n) is 3.81. The number of hydrogen-bond donors (Lipinski definition) is 1. The number of anilines is 1. The number of carbonyl (C=O) groups excluding carboxylic acids is 2. The lowest BCUT2D eigenvalue weighted by Crippen LogP contribution is -2.46. The molecule has 2 aliphatic rings. The minimum absolute atomic E-state index is 0.0641. The molecule has 0 spiro atoms. The number of nitrogens with one attached hydrogen (secondary N) is 1. The molecule has 1 fully saturated rings. The molecule has 0 radical (unpaired) electrons. The van der Waals surface area contributed by atoms with Crippen LogP contribution >= 0.6 is 0 Å². The Morgan fingerprint density at radius 1 is 1.25 bits per heavy atom. The largest absolute Gasteiger partial charge is 0.450 e. The highest BCUT2D eigenvalue weighted by Gasteiger charge is 2.35. The van der Waals surface area contributed by atoms with Crippen molar-refractivity contribution >= 4 is 27.7 Å². The average molecular weight is 410 g/mol. The van der Waals surface area contributed by atoms with E-state index in [0.717, 1.165) is 12.0 Å². The molecule has 0 bridgehead atoms. The van der Waals surface area contributed by atoms with Crippen molar-refractivity contribution in [1.82, 2.24) is 9.62 Å². The van der Waals surface area contributed by atoms with Gasteiger partial charge in [-0.2, -0.15) is 0 Å². The van der Waals surface area contributed by atoms with Crippen molar-refractivity contribution in [2.75, 3.05) is 37.7 Å². The highest BCUT2D eigenvalue weighted by Crippen LogP contribution is 2.33. The summed E-state index contributed by atoms with van der Waals surface area (Å²) < 4.78 is 32.2. The fourth-order valence-corrected chi connectivity index (χ4v) is 4.87. The molecule has 154 valence electrons. The quantitative estimate of drug-likeness (QED) is 0.799. The minimum Gasteiger partial charge on any atom is -0.450 e. The first-order valence-corrected chi connectivity index (χ1v) is 11.2. The lowest BCUT2D eigenvalue weighted by molar-refractivity contribution is -0.123. The first-order valence-electron chi connectivity index (χ1n) is 9.73. The Bertz CT molecular complexity index is 855. The molecule has 2 aliphatic heterocycles. The second-order valence-corrected chi connectivity index (χ2v) is 8.78. The molecule has 1 atom stereocenters. The number of carbonyl (C=O) groups is 2. The number of sulfonamides is 1. The van der Waals surface area contributed by atoms with Crippen LogP contribution in [0.15, 0.2) is 23.1 Å². The molecule has 0 aliphatic carbocycles. The van der Waals surface area contributed by atoms with Gasteiger partial charge in [-0.25, -0.2) is 17.9 Å². The first kappa shape index (κ1) is 20.6. The lowest BCUT2D eigenvalue weighted by Gasteiger charge is -2.33. The van der Waals surface area contributed by atoms with Crippen LogP contribution < -0.4 is 9.62 Å². The standard InChI is InChI=1S/C19H27N3O5S/c1-3-20-28(25,26)16-8-7-14-9-11-22(17(14)12-16)18(23)15-6-5-10-21(13-15)19(24)27-4-2/h7-8,12,15,20H,3-6,9-11,13H2,1-2H3/t15-/m0/s1. The minimum atomic E-state index is -3.59. The molecule has 1 aromatic carbocycles. The summed E-state index contributed by atoms with van der Waals surface area (Å²) in [7, 11) is -3.59. The number of rotatable bonds is 5. The van der Waals surface area contributed by atoms with Crippen LogP contribution in [0.2, 0.25) is 0 Å². The van der Waals surface area contributed by atoms with Crippen molar-refractivity contribution in [3.8, 4) is 0 Å². The Kier molecular flexibility index (Phi) is 6.24. The van der Waals surface area contributed by atoms with Gasteiger partial charge in [0.2, 0.25) is 15.9 Å². The Hall–Kier alpha value is -2.13. The highest BCUT2D eigenvalue weighted by molar-refractivity contribution is 7.89. The second kappa shape index (κ2) is 8.48. The Morgan fingerprint density at radius 3 is 2.75 bits per heavy atom. The van der Waals surface area contributed by atoms with E-state index in [4.69, 9.17) is 4.74 Å². The van der Waals surface area contributed by atoms with Gasteiger partial charge in [0, 0.05) is 31.9 Å². The molecule has 9 heteroatoms. The molecule has 0 saturated carbocycles. The van der Waals surface area contributed by atoms with Gasteiger partial charge >= 0.3 is 6.09 Å². The zero-order valence-electron chi connectivity index (χ0n) is 16.3. The van der Waals surface area contributed by atoms with Gasteiger partial charge in [-0.3, -0.25) is 4.79 Å². The Balaban J connectivity index is 1.79. The molecule has 1 N–H and O–H groups in total. The summed E-state index contributed by atoms with van der Waals surface area (Å²) in [6.45, 7) is 5.52. The topological polar surface area (TPSA) is 96.0 Å². The predicted octanol–water partition coefficient (Wildman–Crippen LogP) is 1.74. The Labute approximate surface area is 165 Å². The monoisotopic (exact) mass is 409 g/mol. The van der Waals surface area contributed by atoms with Gasteiger partial charge in [0.15, 0.2) is 0 Å². The van der Waals surface area contributed by atoms with Crippen LogP contribution in [-0.4, -0.2) is 58.1 Å². The van der Waals surface area contributed by atoms with E-state index in [2.05, 4.69) is 4.72 Å². The molecule has 2 amide bonds. The van der Waals surface area contributed by atoms with E-state index in [1.807, 2.05) is 0 Å². The number of likely N-dealkylation sites (tertiary alicyclic amines) is 1. The molecule has 1 saturated heterocycles. The SMILES string of the molecule is CCNS(=O)(=O)c1ccc2c(c1)N(C(=O)[C@H]1CCCN(C(=O)OCC)C1)CC2. The number of fused-ring (bicyclic) bond motifs is 1. The first-order chi connectivity index (χ1) is 13.4. The molecule has 28 heavy (non-hydrogen) atoms. The summed E-state index contributed by atoms with van der Waals surface area (Å²) >= 11 is 0. The zero-order chi connectivity index (χ0) is 20.3. The third kappa shape index (κ3) is 4.15. The van der Waals surface area contributed by atoms with Gasteiger partial charge < -0.3 is 14.5 Å². The summed E-state index contributed by atoms with van der Waals surface area (Å²) in [5, 5.41) is 0. The average Bonchev–Trinajstić information content (AvgIpc) is 3.11. The van der Waals surface area contributed by atoms with Crippen molar-refractivity contribution in [2.24, 2.45) is 5.92 Å². The number of ether oxygens (including phenoxy) is 1. The van der Waals surface area contributed by atoms with Crippen molar-refractivity contribution in [3.05, 3.63) is 23.8 Å². The zero-order valence-corrected chi connectivity index (χ0v) is 17.1. The van der Waals surface area contributed by atoms with Gasteiger partial charge in [0.25, 0.3) is 0 Å². The summed E-state index contributed by atoms with van der Waals surface area (Å²) in [6.07, 6.45) is 1.75. The van der Waals surface area contributed by atoms with Gasteiger partial charge in [-0.05, 0) is 43.9 Å². The van der Waals surface area contributed by atoms with Crippen LogP contribution in [0.4, 0.5) is 10.5 Å². The maximum Gasteiger partial charge on any atom is 0.409 e. The molecular formula is C19H27N3O5S. The Morgan fingerprint density at radius 2 is 2.04 bits per heavy atom. The summed E-state index contributed by atoms with van der Waals surface area (Å²) in [5.74, 6) is -0.371. The molecule has 2 heterocycles. The number of nitrogens with zero attached hydrogens (tertiary/aromatic N) is 2. The highest BCUT2D eigenvalue weighted by atomic mass is 32.2. The van der Waals surface area contributed by atoms with Crippen LogP contribution in [0, 0.1) is 5.92 Å². The molecule has 0 aromatic heterocycles. The normalized spacial score (nSPS) is 19.4. The van der Waals surface area contributed by atoms with Crippen LogP contribution in [0.1, 0.15) is 32.3 Å². The smallest absolute Gasteiger partial charge is 0.409 e. The van der Waals surface area contributed by atoms with E-state index < -0.39 is 10.0 Å². The van der Waals surface area contributed by atoms with Crippen molar-refractivity contribution < 1.29 is 22.7 Å². The van der Waals surface area contributed by atoms with Crippen LogP contribution in [0.25, 0.3) is 0 Å². The number of benzene rings is 1. The van der Waals surface area contributed by atoms with Crippen molar-refractivity contribution in [2.45, 2.75) is 38.0 Å². The third-order valence-corrected chi connectivity index (χ3v) is 6.70. The van der Waals surface area contributed by atoms with E-state index in [1.54, 1.807) is 41.8 Å². The second-order valence-electron chi connectivity index (χ2n) is 7.02. The number of amides is 2. The van der Waals surface area contributed by atoms with Crippen LogP contribution in [-0.2, 0) is 26.0 Å². The molecule has 1 aromatic rings. The van der Waals surface area contributed by atoms with Crippen LogP contribution in [0.5, 0.6) is 0 Å². The maximum absolute atomic E-state index is 13.2. The van der Waals surface area contributed by atoms with E-state index in [1.165, 1.54) is 0 Å². The summed E-state index contributed by atoms with van der Waals surface area (Å²) in [5.41, 5.74) is 1.61. The van der Waals surface area contributed by atoms with Crippen LogP contribution in [0.3, 0.4) is 0 Å². The predicted molar refractivity (Wildman–Crippen MR) is 105 cm³/mol. The van der Waals surface area contributed by atoms with Crippen molar-refractivity contribution in [3.63, 3.8) is 0 Å². The van der Waals surface area contributed by atoms with Gasteiger partial charge in [0.05, 0.1) is 17.4 Å². The van der Waals surface area contributed by atoms with E-state index in [9.17, 15) is 18.0 Å². The summed E-state index contributed by atoms with van der Waals surface area (Å²) in [4.78, 5) is 28.6. The van der Waals surface area contributed by atoms with E-state index in [0.29, 0.717) is 51.3 Å². The van der Waals surface area contributed by atoms with Gasteiger partial charge in [-0.15, -0.1) is 0 Å². The molecular weight excluding hydrogens is 382 g/mol.